The molecule has 0 unspecified atom stereocenters. The lowest BCUT2D eigenvalue weighted by Gasteiger charge is -2.31. The van der Waals surface area contributed by atoms with Crippen LogP contribution in [-0.2, 0) is 42.1 Å². The minimum Gasteiger partial charge on any atom is -0.484 e. The predicted octanol–water partition coefficient (Wildman–Crippen LogP) is 2.49. The highest BCUT2D eigenvalue weighted by atomic mass is 32.2. The van der Waals surface area contributed by atoms with E-state index in [2.05, 4.69) is 5.32 Å². The smallest absolute Gasteiger partial charge is 0.261 e. The Morgan fingerprint density at radius 2 is 1.55 bits per heavy atom. The molecule has 1 atom stereocenters. The van der Waals surface area contributed by atoms with Crippen LogP contribution in [0.4, 0.5) is 0 Å². The molecule has 0 radical (unpaired) electrons. The highest BCUT2D eigenvalue weighted by Crippen LogP contribution is 2.21. The Balaban J connectivity index is 1.51. The molecule has 2 amide bonds. The van der Waals surface area contributed by atoms with Gasteiger partial charge in [0.25, 0.3) is 5.91 Å². The van der Waals surface area contributed by atoms with E-state index in [4.69, 9.17) is 14.2 Å². The number of benzene rings is 3. The molecule has 0 aliphatic carbocycles. The topological polar surface area (TPSA) is 114 Å². The van der Waals surface area contributed by atoms with E-state index in [1.165, 1.54) is 33.5 Å². The average Bonchev–Trinajstić information content (AvgIpc) is 3.03. The second kappa shape index (κ2) is 15.5. The minimum absolute atomic E-state index is 0.143. The Morgan fingerprint density at radius 3 is 2.17 bits per heavy atom. The van der Waals surface area contributed by atoms with Gasteiger partial charge in [-0.25, -0.2) is 8.42 Å². The molecule has 224 valence electrons. The van der Waals surface area contributed by atoms with Gasteiger partial charge in [-0.1, -0.05) is 60.7 Å². The summed E-state index contributed by atoms with van der Waals surface area (Å²) >= 11 is 0. The van der Waals surface area contributed by atoms with Crippen molar-refractivity contribution in [2.75, 3.05) is 53.2 Å². The van der Waals surface area contributed by atoms with Crippen LogP contribution in [0.3, 0.4) is 0 Å². The van der Waals surface area contributed by atoms with Crippen LogP contribution in [-0.4, -0.2) is 88.7 Å². The Hall–Kier alpha value is -3.77. The molecule has 0 saturated carbocycles. The first-order valence-electron chi connectivity index (χ1n) is 13.8. The quantitative estimate of drug-likeness (QED) is 0.285. The molecule has 0 spiro atoms. The first kappa shape index (κ1) is 31.2. The maximum Gasteiger partial charge on any atom is 0.261 e. The molecule has 1 aliphatic heterocycles. The van der Waals surface area contributed by atoms with Crippen molar-refractivity contribution < 1.29 is 32.2 Å². The summed E-state index contributed by atoms with van der Waals surface area (Å²) < 4.78 is 43.4. The Kier molecular flexibility index (Phi) is 11.5. The van der Waals surface area contributed by atoms with E-state index < -0.39 is 16.1 Å². The summed E-state index contributed by atoms with van der Waals surface area (Å²) in [5.41, 5.74) is 1.78. The van der Waals surface area contributed by atoms with Crippen molar-refractivity contribution in [1.82, 2.24) is 14.5 Å². The van der Waals surface area contributed by atoms with Crippen LogP contribution in [0.5, 0.6) is 5.75 Å². The predicted molar refractivity (Wildman–Crippen MR) is 157 cm³/mol. The second-order valence-electron chi connectivity index (χ2n) is 9.77. The molecule has 4 rings (SSSR count). The van der Waals surface area contributed by atoms with Crippen LogP contribution < -0.4 is 10.1 Å². The number of hydrogen-bond acceptors (Lipinski definition) is 7. The monoisotopic (exact) mass is 595 g/mol. The van der Waals surface area contributed by atoms with Crippen molar-refractivity contribution in [1.29, 1.82) is 0 Å². The molecule has 3 aromatic carbocycles. The summed E-state index contributed by atoms with van der Waals surface area (Å²) in [6.45, 7) is 1.84. The zero-order chi connectivity index (χ0) is 29.8. The number of amides is 2. The van der Waals surface area contributed by atoms with Crippen molar-refractivity contribution in [2.45, 2.75) is 23.9 Å². The fourth-order valence-electron chi connectivity index (χ4n) is 4.60. The summed E-state index contributed by atoms with van der Waals surface area (Å²) in [5.74, 6) is -0.336. The van der Waals surface area contributed by atoms with E-state index in [-0.39, 0.29) is 29.9 Å². The lowest BCUT2D eigenvalue weighted by Crippen LogP contribution is -2.52. The van der Waals surface area contributed by atoms with Crippen LogP contribution in [0.25, 0.3) is 0 Å². The summed E-state index contributed by atoms with van der Waals surface area (Å²) in [6, 6.07) is 24.2. The largest absolute Gasteiger partial charge is 0.484 e. The lowest BCUT2D eigenvalue weighted by atomic mass is 10.0. The maximum absolute atomic E-state index is 13.7. The first-order valence-corrected chi connectivity index (χ1v) is 15.3. The standard InChI is InChI=1S/C31H37N3O7S/c1-39-19-16-32-31(36)29(22-25-8-4-2-5-9-25)34(23-26-10-6-3-7-11-26)30(35)24-41-27-12-14-28(15-13-27)42(37,38)33-17-20-40-21-18-33/h2-15,29H,16-24H2,1H3,(H,32,36)/t29-/m0/s1. The van der Waals surface area contributed by atoms with E-state index in [0.717, 1.165) is 11.1 Å². The van der Waals surface area contributed by atoms with E-state index in [0.29, 0.717) is 51.6 Å². The number of nitrogens with one attached hydrogen (secondary N) is 1. The molecular weight excluding hydrogens is 558 g/mol. The molecule has 1 saturated heterocycles. The highest BCUT2D eigenvalue weighted by Gasteiger charge is 2.31. The number of methoxy groups -OCH3 is 1. The first-order chi connectivity index (χ1) is 20.4. The van der Waals surface area contributed by atoms with E-state index in [1.54, 1.807) is 7.11 Å². The number of nitrogens with zero attached hydrogens (tertiary/aromatic N) is 2. The zero-order valence-corrected chi connectivity index (χ0v) is 24.5. The number of hydrogen-bond donors (Lipinski definition) is 1. The van der Waals surface area contributed by atoms with Crippen molar-refractivity contribution >= 4 is 21.8 Å². The molecule has 11 heteroatoms. The van der Waals surface area contributed by atoms with Crippen molar-refractivity contribution in [2.24, 2.45) is 0 Å². The molecule has 1 heterocycles. The van der Waals surface area contributed by atoms with Crippen molar-refractivity contribution in [3.63, 3.8) is 0 Å². The van der Waals surface area contributed by atoms with Gasteiger partial charge in [0.05, 0.1) is 24.7 Å². The van der Waals surface area contributed by atoms with Gasteiger partial charge in [-0.3, -0.25) is 9.59 Å². The summed E-state index contributed by atoms with van der Waals surface area (Å²) in [5, 5.41) is 2.88. The molecule has 1 fully saturated rings. The van der Waals surface area contributed by atoms with Crippen LogP contribution in [0, 0.1) is 0 Å². The number of sulfonamides is 1. The van der Waals surface area contributed by atoms with E-state index >= 15 is 0 Å². The van der Waals surface area contributed by atoms with Crippen LogP contribution in [0.15, 0.2) is 89.8 Å². The Bertz CT molecular complexity index is 1380. The molecule has 10 nitrogen and oxygen atoms in total. The number of carbonyl (C=O) groups excluding carboxylic acids is 2. The third-order valence-electron chi connectivity index (χ3n) is 6.87. The van der Waals surface area contributed by atoms with Crippen LogP contribution in [0.1, 0.15) is 11.1 Å². The van der Waals surface area contributed by atoms with Gasteiger partial charge < -0.3 is 24.4 Å². The van der Waals surface area contributed by atoms with Crippen molar-refractivity contribution in [3.8, 4) is 5.75 Å². The number of carbonyl (C=O) groups is 2. The second-order valence-corrected chi connectivity index (χ2v) is 11.7. The normalized spacial score (nSPS) is 14.6. The highest BCUT2D eigenvalue weighted by molar-refractivity contribution is 7.89. The number of rotatable bonds is 14. The van der Waals surface area contributed by atoms with Gasteiger partial charge in [0.1, 0.15) is 11.8 Å². The van der Waals surface area contributed by atoms with Gasteiger partial charge in [0.2, 0.25) is 15.9 Å². The van der Waals surface area contributed by atoms with Gasteiger partial charge in [0.15, 0.2) is 6.61 Å². The van der Waals surface area contributed by atoms with Gasteiger partial charge in [-0.2, -0.15) is 4.31 Å². The minimum atomic E-state index is -3.65. The number of ether oxygens (including phenoxy) is 3. The molecule has 1 N–H and O–H groups in total. The average molecular weight is 596 g/mol. The summed E-state index contributed by atoms with van der Waals surface area (Å²) in [6.07, 6.45) is 0.312. The molecule has 42 heavy (non-hydrogen) atoms. The Morgan fingerprint density at radius 1 is 0.929 bits per heavy atom. The number of morpholine rings is 1. The zero-order valence-electron chi connectivity index (χ0n) is 23.7. The summed E-state index contributed by atoms with van der Waals surface area (Å²) in [7, 11) is -2.09. The molecular formula is C31H37N3O7S. The fraction of sp³-hybridized carbons (Fsp3) is 0.355. The third-order valence-corrected chi connectivity index (χ3v) is 8.78. The molecule has 3 aromatic rings. The third kappa shape index (κ3) is 8.62. The lowest BCUT2D eigenvalue weighted by molar-refractivity contribution is -0.142. The van der Waals surface area contributed by atoms with Crippen LogP contribution >= 0.6 is 0 Å². The molecule has 1 aliphatic rings. The molecule has 0 bridgehead atoms. The SMILES string of the molecule is COCCNC(=O)[C@H](Cc1ccccc1)N(Cc1ccccc1)C(=O)COc1ccc(S(=O)(=O)N2CCOCC2)cc1. The van der Waals surface area contributed by atoms with Crippen molar-refractivity contribution in [3.05, 3.63) is 96.1 Å². The fourth-order valence-corrected chi connectivity index (χ4v) is 6.01. The van der Waals surface area contributed by atoms with E-state index in [1.807, 2.05) is 60.7 Å². The maximum atomic E-state index is 13.7. The van der Waals surface area contributed by atoms with Gasteiger partial charge in [-0.15, -0.1) is 0 Å². The molecule has 0 aromatic heterocycles. The van der Waals surface area contributed by atoms with Gasteiger partial charge in [0, 0.05) is 39.7 Å². The van der Waals surface area contributed by atoms with Gasteiger partial charge >= 0.3 is 0 Å². The van der Waals surface area contributed by atoms with Crippen LogP contribution in [0.2, 0.25) is 0 Å². The summed E-state index contributed by atoms with van der Waals surface area (Å²) in [4.78, 5) is 28.8. The van der Waals surface area contributed by atoms with E-state index in [9.17, 15) is 18.0 Å². The Labute approximate surface area is 247 Å². The van der Waals surface area contributed by atoms with Gasteiger partial charge in [-0.05, 0) is 35.4 Å².